The summed E-state index contributed by atoms with van der Waals surface area (Å²) in [7, 11) is 0. The quantitative estimate of drug-likeness (QED) is 0.634. The first-order chi connectivity index (χ1) is 6.25. The van der Waals surface area contributed by atoms with Gasteiger partial charge in [-0.2, -0.15) is 5.10 Å². The van der Waals surface area contributed by atoms with Crippen LogP contribution < -0.4 is 5.56 Å². The monoisotopic (exact) mass is 177 g/mol. The van der Waals surface area contributed by atoms with Crippen LogP contribution in [0, 0.1) is 6.92 Å². The third-order valence-corrected chi connectivity index (χ3v) is 1.51. The summed E-state index contributed by atoms with van der Waals surface area (Å²) in [5.41, 5.74) is 0.453. The van der Waals surface area contributed by atoms with Gasteiger partial charge in [-0.1, -0.05) is 0 Å². The van der Waals surface area contributed by atoms with E-state index in [-0.39, 0.29) is 5.56 Å². The maximum Gasteiger partial charge on any atom is 0.251 e. The minimum atomic E-state index is -0.195. The number of rotatable bonds is 1. The van der Waals surface area contributed by atoms with Crippen molar-refractivity contribution in [1.82, 2.24) is 25.1 Å². The maximum absolute atomic E-state index is 11.0. The van der Waals surface area contributed by atoms with Crippen LogP contribution in [0.1, 0.15) is 5.69 Å². The molecule has 0 saturated heterocycles. The van der Waals surface area contributed by atoms with Crippen molar-refractivity contribution < 1.29 is 0 Å². The fourth-order valence-electron chi connectivity index (χ4n) is 1.01. The Labute approximate surface area is 73.1 Å². The summed E-state index contributed by atoms with van der Waals surface area (Å²) in [6.45, 7) is 1.75. The van der Waals surface area contributed by atoms with Crippen molar-refractivity contribution >= 4 is 0 Å². The lowest BCUT2D eigenvalue weighted by Gasteiger charge is -1.95. The average Bonchev–Trinajstić information content (AvgIpc) is 2.53. The molecule has 13 heavy (non-hydrogen) atoms. The lowest BCUT2D eigenvalue weighted by molar-refractivity contribution is 1.02. The first-order valence-electron chi connectivity index (χ1n) is 3.69. The van der Waals surface area contributed by atoms with Crippen molar-refractivity contribution in [2.75, 3.05) is 0 Å². The fourth-order valence-corrected chi connectivity index (χ4v) is 1.01. The normalized spacial score (nSPS) is 10.2. The van der Waals surface area contributed by atoms with Gasteiger partial charge in [-0.3, -0.25) is 9.89 Å². The molecule has 2 N–H and O–H groups in total. The topological polar surface area (TPSA) is 87.3 Å². The molecule has 2 aromatic rings. The van der Waals surface area contributed by atoms with Gasteiger partial charge in [-0.05, 0) is 6.92 Å². The molecule has 2 heterocycles. The van der Waals surface area contributed by atoms with Crippen molar-refractivity contribution in [2.24, 2.45) is 0 Å². The predicted molar refractivity (Wildman–Crippen MR) is 45.0 cm³/mol. The van der Waals surface area contributed by atoms with Gasteiger partial charge >= 0.3 is 0 Å². The Morgan fingerprint density at radius 1 is 1.38 bits per heavy atom. The maximum atomic E-state index is 11.0. The van der Waals surface area contributed by atoms with E-state index >= 15 is 0 Å². The van der Waals surface area contributed by atoms with Gasteiger partial charge in [0.25, 0.3) is 5.56 Å². The molecule has 6 heteroatoms. The van der Waals surface area contributed by atoms with E-state index in [4.69, 9.17) is 0 Å². The average molecular weight is 177 g/mol. The third-order valence-electron chi connectivity index (χ3n) is 1.51. The number of aryl methyl sites for hydroxylation is 1. The molecular formula is C7H7N5O. The number of H-pyrrole nitrogens is 2. The van der Waals surface area contributed by atoms with Gasteiger partial charge in [0.1, 0.15) is 6.33 Å². The Bertz CT molecular complexity index is 458. The molecule has 0 radical (unpaired) electrons. The van der Waals surface area contributed by atoms with Crippen LogP contribution in [0.5, 0.6) is 0 Å². The van der Waals surface area contributed by atoms with E-state index in [9.17, 15) is 4.79 Å². The highest BCUT2D eigenvalue weighted by Gasteiger charge is 2.03. The number of aromatic nitrogens is 5. The van der Waals surface area contributed by atoms with Crippen molar-refractivity contribution in [3.63, 3.8) is 0 Å². The zero-order chi connectivity index (χ0) is 9.26. The van der Waals surface area contributed by atoms with Crippen LogP contribution in [0.15, 0.2) is 17.2 Å². The van der Waals surface area contributed by atoms with Gasteiger partial charge < -0.3 is 4.98 Å². The van der Waals surface area contributed by atoms with Crippen molar-refractivity contribution in [2.45, 2.75) is 6.92 Å². The molecule has 0 atom stereocenters. The Morgan fingerprint density at radius 3 is 2.85 bits per heavy atom. The van der Waals surface area contributed by atoms with E-state index in [0.29, 0.717) is 17.3 Å². The third kappa shape index (κ3) is 1.46. The minimum Gasteiger partial charge on any atom is -0.304 e. The minimum absolute atomic E-state index is 0.195. The highest BCUT2D eigenvalue weighted by atomic mass is 16.1. The summed E-state index contributed by atoms with van der Waals surface area (Å²) in [5, 5.41) is 6.27. The smallest absolute Gasteiger partial charge is 0.251 e. The lowest BCUT2D eigenvalue weighted by Crippen LogP contribution is -2.09. The van der Waals surface area contributed by atoms with Crippen LogP contribution in [0.3, 0.4) is 0 Å². The molecule has 0 aliphatic heterocycles. The molecule has 0 aliphatic carbocycles. The standard InChI is InChI=1S/C7H7N5O/c1-4-2-5(13)11-7(10-4)6-8-3-9-12-6/h2-3H,1H3,(H,8,9,12)(H,10,11,13). The number of aromatic amines is 2. The second-order valence-corrected chi connectivity index (χ2v) is 2.57. The molecule has 0 bridgehead atoms. The summed E-state index contributed by atoms with van der Waals surface area (Å²) in [6.07, 6.45) is 1.36. The summed E-state index contributed by atoms with van der Waals surface area (Å²) >= 11 is 0. The first-order valence-corrected chi connectivity index (χ1v) is 3.69. The fraction of sp³-hybridized carbons (Fsp3) is 0.143. The van der Waals surface area contributed by atoms with Crippen LogP contribution in [0.2, 0.25) is 0 Å². The summed E-state index contributed by atoms with van der Waals surface area (Å²) < 4.78 is 0. The molecule has 66 valence electrons. The molecule has 0 aliphatic rings. The van der Waals surface area contributed by atoms with Gasteiger partial charge in [-0.15, -0.1) is 0 Å². The molecule has 0 unspecified atom stereocenters. The largest absolute Gasteiger partial charge is 0.304 e. The number of nitrogens with one attached hydrogen (secondary N) is 2. The molecule has 0 saturated carbocycles. The molecule has 2 aromatic heterocycles. The molecule has 0 fully saturated rings. The highest BCUT2D eigenvalue weighted by Crippen LogP contribution is 2.03. The summed E-state index contributed by atoms with van der Waals surface area (Å²) in [4.78, 5) is 21.6. The Kier molecular flexibility index (Phi) is 1.66. The summed E-state index contributed by atoms with van der Waals surface area (Å²) in [6, 6.07) is 1.42. The Balaban J connectivity index is 2.59. The van der Waals surface area contributed by atoms with Crippen LogP contribution >= 0.6 is 0 Å². The van der Waals surface area contributed by atoms with E-state index in [0.717, 1.165) is 0 Å². The first kappa shape index (κ1) is 7.66. The van der Waals surface area contributed by atoms with E-state index in [1.54, 1.807) is 6.92 Å². The predicted octanol–water partition coefficient (Wildman–Crippen LogP) is -0.137. The molecule has 6 nitrogen and oxygen atoms in total. The van der Waals surface area contributed by atoms with Gasteiger partial charge in [0.05, 0.1) is 0 Å². The van der Waals surface area contributed by atoms with Crippen molar-refractivity contribution in [3.05, 3.63) is 28.4 Å². The van der Waals surface area contributed by atoms with Gasteiger partial charge in [-0.25, -0.2) is 9.97 Å². The molecule has 0 spiro atoms. The van der Waals surface area contributed by atoms with Crippen LogP contribution in [0.25, 0.3) is 11.6 Å². The zero-order valence-electron chi connectivity index (χ0n) is 6.90. The van der Waals surface area contributed by atoms with Crippen LogP contribution in [-0.2, 0) is 0 Å². The highest BCUT2D eigenvalue weighted by molar-refractivity contribution is 5.40. The van der Waals surface area contributed by atoms with Gasteiger partial charge in [0.2, 0.25) is 0 Å². The van der Waals surface area contributed by atoms with Gasteiger partial charge in [0.15, 0.2) is 11.6 Å². The van der Waals surface area contributed by atoms with E-state index < -0.39 is 0 Å². The Morgan fingerprint density at radius 2 is 2.23 bits per heavy atom. The molecule has 0 amide bonds. The number of nitrogens with zero attached hydrogens (tertiary/aromatic N) is 3. The molecule has 0 aromatic carbocycles. The summed E-state index contributed by atoms with van der Waals surface area (Å²) in [5.74, 6) is 0.864. The molecular weight excluding hydrogens is 170 g/mol. The SMILES string of the molecule is Cc1cc(=O)[nH]c(-c2ncn[nH]2)n1. The second kappa shape index (κ2) is 2.81. The number of hydrogen-bond donors (Lipinski definition) is 2. The van der Waals surface area contributed by atoms with Crippen molar-refractivity contribution in [1.29, 1.82) is 0 Å². The zero-order valence-corrected chi connectivity index (χ0v) is 6.90. The van der Waals surface area contributed by atoms with Crippen molar-refractivity contribution in [3.8, 4) is 11.6 Å². The molecule has 2 rings (SSSR count). The van der Waals surface area contributed by atoms with Gasteiger partial charge in [0, 0.05) is 11.8 Å². The number of hydrogen-bond acceptors (Lipinski definition) is 4. The Hall–Kier alpha value is -1.98. The second-order valence-electron chi connectivity index (χ2n) is 2.57. The van der Waals surface area contributed by atoms with E-state index in [1.807, 2.05) is 0 Å². The lowest BCUT2D eigenvalue weighted by atomic mass is 10.4. The van der Waals surface area contributed by atoms with Crippen LogP contribution in [-0.4, -0.2) is 25.1 Å². The van der Waals surface area contributed by atoms with E-state index in [1.165, 1.54) is 12.4 Å². The van der Waals surface area contributed by atoms with E-state index in [2.05, 4.69) is 25.1 Å². The van der Waals surface area contributed by atoms with Crippen LogP contribution in [0.4, 0.5) is 0 Å².